The highest BCUT2D eigenvalue weighted by molar-refractivity contribution is 5.82. The van der Waals surface area contributed by atoms with Crippen molar-refractivity contribution in [3.8, 4) is 5.75 Å². The van der Waals surface area contributed by atoms with E-state index in [2.05, 4.69) is 0 Å². The summed E-state index contributed by atoms with van der Waals surface area (Å²) in [7, 11) is 0. The third-order valence-corrected chi connectivity index (χ3v) is 2.31. The zero-order valence-electron chi connectivity index (χ0n) is 10.1. The Morgan fingerprint density at radius 2 is 2.19 bits per heavy atom. The minimum Gasteiger partial charge on any atom is -0.494 e. The highest BCUT2D eigenvalue weighted by Gasteiger charge is 2.02. The molecular formula is C14H18O2. The van der Waals surface area contributed by atoms with Gasteiger partial charge >= 0.3 is 0 Å². The molecular weight excluding hydrogens is 200 g/mol. The summed E-state index contributed by atoms with van der Waals surface area (Å²) in [4.78, 5) is 10.9. The van der Waals surface area contributed by atoms with E-state index in [1.54, 1.807) is 0 Å². The van der Waals surface area contributed by atoms with Gasteiger partial charge in [-0.15, -0.1) is 0 Å². The van der Waals surface area contributed by atoms with Gasteiger partial charge < -0.3 is 4.74 Å². The monoisotopic (exact) mass is 218 g/mol. The predicted molar refractivity (Wildman–Crippen MR) is 66.5 cm³/mol. The summed E-state index contributed by atoms with van der Waals surface area (Å²) in [5, 5.41) is 0. The fourth-order valence-electron chi connectivity index (χ4n) is 1.39. The topological polar surface area (TPSA) is 26.3 Å². The zero-order chi connectivity index (χ0) is 12.0. The van der Waals surface area contributed by atoms with Crippen LogP contribution in [0.4, 0.5) is 0 Å². The smallest absolute Gasteiger partial charge is 0.146 e. The van der Waals surface area contributed by atoms with E-state index in [-0.39, 0.29) is 5.92 Å². The summed E-state index contributed by atoms with van der Waals surface area (Å²) in [5.41, 5.74) is 1.80. The molecule has 0 amide bonds. The number of hydrogen-bond donors (Lipinski definition) is 0. The highest BCUT2D eigenvalue weighted by atomic mass is 16.5. The second kappa shape index (κ2) is 6.11. The number of carbonyl (C=O) groups is 1. The van der Waals surface area contributed by atoms with E-state index in [0.29, 0.717) is 6.61 Å². The molecule has 0 aliphatic rings. The normalized spacial score (nSPS) is 11.6. The maximum absolute atomic E-state index is 10.9. The van der Waals surface area contributed by atoms with Crippen molar-refractivity contribution in [2.45, 2.75) is 20.8 Å². The second-order valence-corrected chi connectivity index (χ2v) is 3.92. The van der Waals surface area contributed by atoms with Gasteiger partial charge in [0.2, 0.25) is 0 Å². The van der Waals surface area contributed by atoms with Crippen LogP contribution in [-0.4, -0.2) is 12.9 Å². The Kier molecular flexibility index (Phi) is 4.77. The Morgan fingerprint density at radius 1 is 1.44 bits per heavy atom. The van der Waals surface area contributed by atoms with Gasteiger partial charge in [-0.2, -0.15) is 0 Å². The molecule has 0 aromatic heterocycles. The Hall–Kier alpha value is -1.57. The molecule has 0 saturated heterocycles. The van der Waals surface area contributed by atoms with Gasteiger partial charge in [0.1, 0.15) is 12.0 Å². The van der Waals surface area contributed by atoms with Crippen molar-refractivity contribution >= 4 is 12.4 Å². The molecule has 0 spiro atoms. The van der Waals surface area contributed by atoms with Crippen molar-refractivity contribution in [3.63, 3.8) is 0 Å². The van der Waals surface area contributed by atoms with Crippen LogP contribution in [0.2, 0.25) is 0 Å². The lowest BCUT2D eigenvalue weighted by Crippen LogP contribution is -1.95. The number of allylic oxidation sites excluding steroid dienone is 1. The molecule has 0 radical (unpaired) electrons. The first-order valence-corrected chi connectivity index (χ1v) is 5.57. The number of aldehydes is 1. The average molecular weight is 218 g/mol. The lowest BCUT2D eigenvalue weighted by molar-refractivity contribution is -0.105. The Bertz CT molecular complexity index is 378. The van der Waals surface area contributed by atoms with Crippen LogP contribution < -0.4 is 4.74 Å². The van der Waals surface area contributed by atoms with Crippen molar-refractivity contribution in [1.29, 1.82) is 0 Å². The Labute approximate surface area is 96.9 Å². The third-order valence-electron chi connectivity index (χ3n) is 2.31. The highest BCUT2D eigenvalue weighted by Crippen LogP contribution is 2.17. The van der Waals surface area contributed by atoms with Crippen molar-refractivity contribution in [2.75, 3.05) is 6.61 Å². The molecule has 1 aromatic carbocycles. The summed E-state index contributed by atoms with van der Waals surface area (Å²) < 4.78 is 5.40. The standard InChI is InChI=1S/C14H18O2/c1-4-16-14-7-5-6-12(9-14)8-13(10-15)11(2)3/h5-11H,4H2,1-3H3. The molecule has 0 fully saturated rings. The van der Waals surface area contributed by atoms with Gasteiger partial charge in [0.05, 0.1) is 6.61 Å². The van der Waals surface area contributed by atoms with E-state index in [9.17, 15) is 4.79 Å². The van der Waals surface area contributed by atoms with Crippen LogP contribution in [0.15, 0.2) is 29.8 Å². The quantitative estimate of drug-likeness (QED) is 0.559. The molecule has 2 nitrogen and oxygen atoms in total. The zero-order valence-corrected chi connectivity index (χ0v) is 10.1. The van der Waals surface area contributed by atoms with Crippen LogP contribution in [0.5, 0.6) is 5.75 Å². The van der Waals surface area contributed by atoms with Crippen molar-refractivity contribution < 1.29 is 9.53 Å². The molecule has 1 aromatic rings. The predicted octanol–water partition coefficient (Wildman–Crippen LogP) is 3.32. The van der Waals surface area contributed by atoms with Crippen LogP contribution in [-0.2, 0) is 4.79 Å². The summed E-state index contributed by atoms with van der Waals surface area (Å²) in [6.07, 6.45) is 2.82. The first-order chi connectivity index (χ1) is 7.67. The minimum absolute atomic E-state index is 0.244. The Balaban J connectivity index is 2.95. The Morgan fingerprint density at radius 3 is 2.75 bits per heavy atom. The van der Waals surface area contributed by atoms with Gasteiger partial charge in [0.25, 0.3) is 0 Å². The lowest BCUT2D eigenvalue weighted by atomic mass is 10.0. The summed E-state index contributed by atoms with van der Waals surface area (Å²) >= 11 is 0. The SMILES string of the molecule is CCOc1cccc(C=C(C=O)C(C)C)c1. The number of hydrogen-bond acceptors (Lipinski definition) is 2. The maximum atomic E-state index is 10.9. The van der Waals surface area contributed by atoms with Gasteiger partial charge in [-0.1, -0.05) is 26.0 Å². The van der Waals surface area contributed by atoms with Crippen molar-refractivity contribution in [3.05, 3.63) is 35.4 Å². The molecule has 16 heavy (non-hydrogen) atoms. The first kappa shape index (κ1) is 12.5. The molecule has 1 rings (SSSR count). The largest absolute Gasteiger partial charge is 0.494 e. The van der Waals surface area contributed by atoms with E-state index in [0.717, 1.165) is 23.2 Å². The molecule has 0 aliphatic heterocycles. The molecule has 86 valence electrons. The van der Waals surface area contributed by atoms with Gasteiger partial charge in [-0.25, -0.2) is 0 Å². The molecule has 0 saturated carbocycles. The number of benzene rings is 1. The van der Waals surface area contributed by atoms with Crippen LogP contribution >= 0.6 is 0 Å². The fraction of sp³-hybridized carbons (Fsp3) is 0.357. The summed E-state index contributed by atoms with van der Waals surface area (Å²) in [5.74, 6) is 1.08. The molecule has 2 heteroatoms. The van der Waals surface area contributed by atoms with E-state index >= 15 is 0 Å². The van der Waals surface area contributed by atoms with Gasteiger partial charge in [0.15, 0.2) is 0 Å². The minimum atomic E-state index is 0.244. The van der Waals surface area contributed by atoms with Crippen molar-refractivity contribution in [1.82, 2.24) is 0 Å². The number of rotatable bonds is 5. The average Bonchev–Trinajstić information content (AvgIpc) is 2.26. The van der Waals surface area contributed by atoms with Gasteiger partial charge in [-0.3, -0.25) is 4.79 Å². The van der Waals surface area contributed by atoms with E-state index in [1.165, 1.54) is 0 Å². The molecule has 0 N–H and O–H groups in total. The van der Waals surface area contributed by atoms with Crippen molar-refractivity contribution in [2.24, 2.45) is 5.92 Å². The van der Waals surface area contributed by atoms with Crippen LogP contribution in [0.1, 0.15) is 26.3 Å². The van der Waals surface area contributed by atoms with E-state index < -0.39 is 0 Å². The fourth-order valence-corrected chi connectivity index (χ4v) is 1.39. The van der Waals surface area contributed by atoms with Crippen LogP contribution in [0.25, 0.3) is 6.08 Å². The molecule has 0 atom stereocenters. The molecule has 0 heterocycles. The maximum Gasteiger partial charge on any atom is 0.146 e. The number of ether oxygens (including phenoxy) is 1. The molecule has 0 aliphatic carbocycles. The van der Waals surface area contributed by atoms with Crippen LogP contribution in [0.3, 0.4) is 0 Å². The van der Waals surface area contributed by atoms with Crippen LogP contribution in [0, 0.1) is 5.92 Å². The molecule has 0 bridgehead atoms. The third kappa shape index (κ3) is 3.54. The second-order valence-electron chi connectivity index (χ2n) is 3.92. The summed E-state index contributed by atoms with van der Waals surface area (Å²) in [6.45, 7) is 6.62. The first-order valence-electron chi connectivity index (χ1n) is 5.57. The lowest BCUT2D eigenvalue weighted by Gasteiger charge is -2.06. The van der Waals surface area contributed by atoms with Gasteiger partial charge in [-0.05, 0) is 42.2 Å². The van der Waals surface area contributed by atoms with Gasteiger partial charge in [0, 0.05) is 0 Å². The number of carbonyl (C=O) groups excluding carboxylic acids is 1. The summed E-state index contributed by atoms with van der Waals surface area (Å²) in [6, 6.07) is 7.75. The molecule has 0 unspecified atom stereocenters. The van der Waals surface area contributed by atoms with E-state index in [4.69, 9.17) is 4.74 Å². The van der Waals surface area contributed by atoms with E-state index in [1.807, 2.05) is 51.1 Å².